The van der Waals surface area contributed by atoms with Crippen LogP contribution in [0.2, 0.25) is 0 Å². The maximum atomic E-state index is 9.81. The van der Waals surface area contributed by atoms with E-state index in [1.807, 2.05) is 0 Å². The molecule has 3 nitrogen and oxygen atoms in total. The number of ether oxygens (including phenoxy) is 1. The van der Waals surface area contributed by atoms with Crippen molar-refractivity contribution in [1.29, 1.82) is 0 Å². The molecule has 0 amide bonds. The summed E-state index contributed by atoms with van der Waals surface area (Å²) in [6.07, 6.45) is 3.05. The molecule has 0 atom stereocenters. The number of unbranched alkanes of at least 4 members (excludes halogenated alkanes) is 3. The van der Waals surface area contributed by atoms with Crippen LogP contribution in [0.4, 0.5) is 4.79 Å². The van der Waals surface area contributed by atoms with Crippen LogP contribution in [0, 0.1) is 0 Å². The van der Waals surface area contributed by atoms with E-state index in [1.54, 1.807) is 0 Å². The minimum atomic E-state index is -1.17. The molecule has 69 valence electrons. The Bertz CT molecular complexity index is 101. The van der Waals surface area contributed by atoms with Gasteiger partial charge in [-0.05, 0) is 6.42 Å². The van der Waals surface area contributed by atoms with Crippen molar-refractivity contribution < 1.29 is 14.6 Å². The summed E-state index contributed by atoms with van der Waals surface area (Å²) < 4.78 is 4.31. The van der Waals surface area contributed by atoms with E-state index in [1.165, 1.54) is 0 Å². The molecule has 0 rings (SSSR count). The number of carbonyl (C=O) groups is 1. The third-order valence-electron chi connectivity index (χ3n) is 1.22. The van der Waals surface area contributed by atoms with Gasteiger partial charge in [-0.1, -0.05) is 26.2 Å². The van der Waals surface area contributed by atoms with Crippen LogP contribution in [0.3, 0.4) is 0 Å². The Morgan fingerprint density at radius 2 is 1.92 bits per heavy atom. The number of rotatable bonds is 5. The summed E-state index contributed by atoms with van der Waals surface area (Å²) in [6.45, 7) is 2.45. The standard InChI is InChI=1S/C7H14O3.BrH.Na/c1-2-3-4-5-6-10-7(8)9;;/h2-6H2,1H3,(H,8,9);1H;. The molecule has 5 heteroatoms. The molecule has 0 aliphatic carbocycles. The predicted octanol–water partition coefficient (Wildman–Crippen LogP) is 2.46. The van der Waals surface area contributed by atoms with Crippen molar-refractivity contribution in [1.82, 2.24) is 0 Å². The Balaban J connectivity index is -0.000000405. The average molecular weight is 250 g/mol. The fourth-order valence-electron chi connectivity index (χ4n) is 0.688. The fraction of sp³-hybridized carbons (Fsp3) is 0.857. The second kappa shape index (κ2) is 14.3. The minimum absolute atomic E-state index is 0. The summed E-state index contributed by atoms with van der Waals surface area (Å²) in [5, 5.41) is 8.05. The molecule has 0 aliphatic rings. The van der Waals surface area contributed by atoms with Crippen molar-refractivity contribution in [3.63, 3.8) is 0 Å². The first-order chi connectivity index (χ1) is 4.77. The van der Waals surface area contributed by atoms with Crippen molar-refractivity contribution in [2.45, 2.75) is 32.6 Å². The van der Waals surface area contributed by atoms with Crippen molar-refractivity contribution >= 4 is 52.7 Å². The largest absolute Gasteiger partial charge is 0.505 e. The first kappa shape index (κ1) is 18.5. The Morgan fingerprint density at radius 1 is 1.33 bits per heavy atom. The third kappa shape index (κ3) is 17.0. The van der Waals surface area contributed by atoms with Gasteiger partial charge in [0.05, 0.1) is 6.61 Å². The molecular formula is C7H15BrNaO3. The van der Waals surface area contributed by atoms with Crippen LogP contribution >= 0.6 is 17.0 Å². The van der Waals surface area contributed by atoms with Crippen molar-refractivity contribution in [2.24, 2.45) is 0 Å². The molecule has 1 radical (unpaired) electrons. The van der Waals surface area contributed by atoms with Gasteiger partial charge < -0.3 is 9.84 Å². The molecule has 0 saturated carbocycles. The van der Waals surface area contributed by atoms with Crippen molar-refractivity contribution in [2.75, 3.05) is 6.61 Å². The van der Waals surface area contributed by atoms with E-state index in [0.717, 1.165) is 25.7 Å². The molecule has 0 aromatic heterocycles. The monoisotopic (exact) mass is 249 g/mol. The van der Waals surface area contributed by atoms with Gasteiger partial charge in [-0.3, -0.25) is 0 Å². The van der Waals surface area contributed by atoms with Crippen LogP contribution in [-0.4, -0.2) is 47.4 Å². The van der Waals surface area contributed by atoms with Crippen LogP contribution in [0.25, 0.3) is 0 Å². The quantitative estimate of drug-likeness (QED) is 0.463. The fourth-order valence-corrected chi connectivity index (χ4v) is 0.688. The zero-order valence-electron chi connectivity index (χ0n) is 7.71. The molecule has 0 spiro atoms. The topological polar surface area (TPSA) is 46.5 Å². The SMILES string of the molecule is Br.CCCCCCOC(=O)O.[Na]. The van der Waals surface area contributed by atoms with E-state index in [4.69, 9.17) is 5.11 Å². The van der Waals surface area contributed by atoms with E-state index in [9.17, 15) is 4.79 Å². The summed E-state index contributed by atoms with van der Waals surface area (Å²) in [5.41, 5.74) is 0. The van der Waals surface area contributed by atoms with Crippen molar-refractivity contribution in [3.8, 4) is 0 Å². The van der Waals surface area contributed by atoms with Gasteiger partial charge >= 0.3 is 6.16 Å². The van der Waals surface area contributed by atoms with Crippen LogP contribution in [0.1, 0.15) is 32.6 Å². The third-order valence-corrected chi connectivity index (χ3v) is 1.22. The number of carboxylic acid groups (broad SMARTS) is 1. The van der Waals surface area contributed by atoms with Crippen molar-refractivity contribution in [3.05, 3.63) is 0 Å². The van der Waals surface area contributed by atoms with Crippen LogP contribution in [0.15, 0.2) is 0 Å². The van der Waals surface area contributed by atoms with E-state index < -0.39 is 6.16 Å². The summed E-state index contributed by atoms with van der Waals surface area (Å²) >= 11 is 0. The van der Waals surface area contributed by atoms with Crippen LogP contribution in [-0.2, 0) is 4.74 Å². The Hall–Kier alpha value is 0.750. The second-order valence-corrected chi connectivity index (χ2v) is 2.18. The molecule has 0 saturated heterocycles. The molecule has 0 aliphatic heterocycles. The maximum absolute atomic E-state index is 9.81. The van der Waals surface area contributed by atoms with E-state index in [2.05, 4.69) is 11.7 Å². The molecule has 0 unspecified atom stereocenters. The van der Waals surface area contributed by atoms with E-state index in [-0.39, 0.29) is 46.5 Å². The Kier molecular flexibility index (Phi) is 22.0. The molecule has 0 heterocycles. The van der Waals surface area contributed by atoms with Gasteiger partial charge in [0.2, 0.25) is 0 Å². The summed E-state index contributed by atoms with van der Waals surface area (Å²) in [4.78, 5) is 9.81. The van der Waals surface area contributed by atoms with Crippen LogP contribution < -0.4 is 0 Å². The van der Waals surface area contributed by atoms with Gasteiger partial charge in [-0.2, -0.15) is 0 Å². The summed E-state index contributed by atoms with van der Waals surface area (Å²) in [6, 6.07) is 0. The zero-order valence-corrected chi connectivity index (χ0v) is 11.4. The predicted molar refractivity (Wildman–Crippen MR) is 54.2 cm³/mol. The van der Waals surface area contributed by atoms with Gasteiger partial charge in [-0.25, -0.2) is 4.79 Å². The van der Waals surface area contributed by atoms with Gasteiger partial charge in [0, 0.05) is 29.6 Å². The molecule has 0 bridgehead atoms. The number of halogens is 1. The normalized spacial score (nSPS) is 7.75. The summed E-state index contributed by atoms with van der Waals surface area (Å²) in [7, 11) is 0. The zero-order chi connectivity index (χ0) is 7.82. The Morgan fingerprint density at radius 3 is 2.33 bits per heavy atom. The molecule has 1 N–H and O–H groups in total. The number of hydrogen-bond acceptors (Lipinski definition) is 2. The first-order valence-corrected chi connectivity index (χ1v) is 3.63. The maximum Gasteiger partial charge on any atom is 0.505 e. The molecule has 0 aromatic rings. The van der Waals surface area contributed by atoms with Gasteiger partial charge in [0.15, 0.2) is 0 Å². The van der Waals surface area contributed by atoms with Crippen LogP contribution in [0.5, 0.6) is 0 Å². The van der Waals surface area contributed by atoms with E-state index in [0.29, 0.717) is 6.61 Å². The van der Waals surface area contributed by atoms with Gasteiger partial charge in [0.1, 0.15) is 0 Å². The molecule has 0 aromatic carbocycles. The second-order valence-electron chi connectivity index (χ2n) is 2.18. The molecule has 0 fully saturated rings. The average Bonchev–Trinajstić information content (AvgIpc) is 1.87. The first-order valence-electron chi connectivity index (χ1n) is 3.63. The van der Waals surface area contributed by atoms with Gasteiger partial charge in [-0.15, -0.1) is 17.0 Å². The molecular weight excluding hydrogens is 235 g/mol. The smallest absolute Gasteiger partial charge is 0.450 e. The number of hydrogen-bond donors (Lipinski definition) is 1. The summed E-state index contributed by atoms with van der Waals surface area (Å²) in [5.74, 6) is 0. The van der Waals surface area contributed by atoms with E-state index >= 15 is 0 Å². The molecule has 12 heavy (non-hydrogen) atoms. The minimum Gasteiger partial charge on any atom is -0.450 e. The van der Waals surface area contributed by atoms with Gasteiger partial charge in [0.25, 0.3) is 0 Å². The Labute approximate surface area is 106 Å².